The second-order valence-electron chi connectivity index (χ2n) is 12.6. The van der Waals surface area contributed by atoms with E-state index in [1.54, 1.807) is 17.4 Å². The van der Waals surface area contributed by atoms with Gasteiger partial charge in [-0.3, -0.25) is 9.69 Å². The van der Waals surface area contributed by atoms with Gasteiger partial charge in [-0.25, -0.2) is 0 Å². The molecule has 2 aromatic rings. The molecule has 1 aromatic heterocycles. The number of rotatable bonds is 7. The Labute approximate surface area is 238 Å². The molecule has 5 aliphatic rings. The van der Waals surface area contributed by atoms with Crippen LogP contribution in [0.2, 0.25) is 0 Å². The van der Waals surface area contributed by atoms with E-state index in [1.165, 1.54) is 24.0 Å². The maximum Gasteiger partial charge on any atom is 0.246 e. The minimum absolute atomic E-state index is 0.0355. The molecule has 5 atom stereocenters. The van der Waals surface area contributed by atoms with Crippen molar-refractivity contribution in [3.63, 3.8) is 0 Å². The Kier molecular flexibility index (Phi) is 6.12. The fourth-order valence-corrected chi connectivity index (χ4v) is 9.53. The number of piperidine rings is 1. The number of hydrogen-bond acceptors (Lipinski definition) is 5. The molecule has 3 fully saturated rings. The number of carbonyl (C=O) groups is 1. The number of ether oxygens (including phenoxy) is 1. The first kappa shape index (κ1) is 25.3. The molecule has 0 unspecified atom stereocenters. The van der Waals surface area contributed by atoms with Gasteiger partial charge in [-0.15, -0.1) is 11.3 Å². The monoisotopic (exact) mass is 596 g/mol. The van der Waals surface area contributed by atoms with E-state index < -0.39 is 11.0 Å². The fraction of sp³-hybridized carbons (Fsp3) is 0.581. The Morgan fingerprint density at radius 2 is 2.16 bits per heavy atom. The van der Waals surface area contributed by atoms with E-state index in [4.69, 9.17) is 4.74 Å². The van der Waals surface area contributed by atoms with Crippen molar-refractivity contribution in [3.8, 4) is 5.75 Å². The number of hydrogen-bond donors (Lipinski definition) is 1. The summed E-state index contributed by atoms with van der Waals surface area (Å²) in [4.78, 5) is 19.5. The topological polar surface area (TPSA) is 53.0 Å². The fourth-order valence-electron chi connectivity index (χ4n) is 8.19. The first-order valence-corrected chi connectivity index (χ1v) is 16.0. The molecule has 1 N–H and O–H groups in total. The summed E-state index contributed by atoms with van der Waals surface area (Å²) in [6.45, 7) is 7.13. The lowest BCUT2D eigenvalue weighted by Crippen LogP contribution is -2.78. The molecule has 1 aromatic carbocycles. The van der Waals surface area contributed by atoms with Crippen molar-refractivity contribution in [1.29, 1.82) is 0 Å². The van der Waals surface area contributed by atoms with E-state index in [2.05, 4.69) is 57.8 Å². The van der Waals surface area contributed by atoms with Gasteiger partial charge in [0.1, 0.15) is 11.9 Å². The van der Waals surface area contributed by atoms with Crippen molar-refractivity contribution in [1.82, 2.24) is 9.80 Å². The van der Waals surface area contributed by atoms with Crippen LogP contribution in [0.1, 0.15) is 62.0 Å². The molecule has 3 heterocycles. The summed E-state index contributed by atoms with van der Waals surface area (Å²) < 4.78 is 7.90. The Morgan fingerprint density at radius 3 is 2.89 bits per heavy atom. The molecule has 3 aliphatic carbocycles. The van der Waals surface area contributed by atoms with Crippen molar-refractivity contribution >= 4 is 39.2 Å². The molecule has 1 amide bonds. The standard InChI is InChI=1S/C31H37BrN2O3S/c1-19(2)16-34(27(35)9-8-23-15-22(32)18-38-23)24-10-11-31(36)26-14-21-4-3-5-25-28(21)30(31,29(24)37-25)12-13-33(26)17-20-6-7-20/h3-5,8-9,15,18-20,24,26,29,36H,6-7,10-14,16-17H2,1-2H3/b9-8+/t24-,26-,29+,30+,31-/m1/s1. The molecule has 1 spiro atoms. The van der Waals surface area contributed by atoms with Crippen molar-refractivity contribution in [2.45, 2.75) is 81.6 Å². The summed E-state index contributed by atoms with van der Waals surface area (Å²) in [7, 11) is 0. The first-order valence-electron chi connectivity index (χ1n) is 14.3. The maximum atomic E-state index is 13.8. The van der Waals surface area contributed by atoms with Gasteiger partial charge in [0.2, 0.25) is 5.91 Å². The molecular formula is C31H37BrN2O3S. The number of amides is 1. The molecule has 7 rings (SSSR count). The van der Waals surface area contributed by atoms with E-state index in [1.807, 2.05) is 17.5 Å². The summed E-state index contributed by atoms with van der Waals surface area (Å²) in [5, 5.41) is 14.8. The smallest absolute Gasteiger partial charge is 0.246 e. The zero-order chi connectivity index (χ0) is 26.2. The largest absolute Gasteiger partial charge is 0.487 e. The Balaban J connectivity index is 1.27. The average molecular weight is 598 g/mol. The van der Waals surface area contributed by atoms with Crippen LogP contribution in [-0.4, -0.2) is 64.2 Å². The SMILES string of the molecule is CC(C)CN(C(=O)/C=C/c1cc(Br)cs1)[C@@H]1CC[C@@]2(O)[C@H]3Cc4cccc5c4[C@@]2(CCN3CC2CC2)[C@H]1O5. The third kappa shape index (κ3) is 3.79. The third-order valence-corrected chi connectivity index (χ3v) is 11.5. The van der Waals surface area contributed by atoms with Crippen LogP contribution in [0.3, 0.4) is 0 Å². The number of aliphatic hydroxyl groups is 1. The second-order valence-corrected chi connectivity index (χ2v) is 14.5. The summed E-state index contributed by atoms with van der Waals surface area (Å²) in [6.07, 6.45) is 9.33. The molecule has 5 nitrogen and oxygen atoms in total. The van der Waals surface area contributed by atoms with Crippen LogP contribution in [0, 0.1) is 11.8 Å². The van der Waals surface area contributed by atoms with Gasteiger partial charge < -0.3 is 14.7 Å². The highest BCUT2D eigenvalue weighted by molar-refractivity contribution is 9.10. The van der Waals surface area contributed by atoms with Gasteiger partial charge in [-0.1, -0.05) is 26.0 Å². The van der Waals surface area contributed by atoms with Crippen LogP contribution in [0.5, 0.6) is 5.75 Å². The highest BCUT2D eigenvalue weighted by atomic mass is 79.9. The van der Waals surface area contributed by atoms with E-state index in [0.29, 0.717) is 18.9 Å². The lowest BCUT2D eigenvalue weighted by molar-refractivity contribution is -0.201. The predicted octanol–water partition coefficient (Wildman–Crippen LogP) is 5.64. The molecule has 1 saturated heterocycles. The van der Waals surface area contributed by atoms with E-state index in [9.17, 15) is 9.90 Å². The molecule has 2 bridgehead atoms. The molecule has 2 saturated carbocycles. The molecule has 7 heteroatoms. The second kappa shape index (κ2) is 9.18. The van der Waals surface area contributed by atoms with E-state index in [-0.39, 0.29) is 24.1 Å². The quantitative estimate of drug-likeness (QED) is 0.420. The van der Waals surface area contributed by atoms with Crippen LogP contribution in [0.15, 0.2) is 40.2 Å². The molecule has 202 valence electrons. The van der Waals surface area contributed by atoms with Gasteiger partial charge in [0.25, 0.3) is 0 Å². The van der Waals surface area contributed by atoms with Crippen molar-refractivity contribution in [3.05, 3.63) is 56.2 Å². The number of thiophene rings is 1. The summed E-state index contributed by atoms with van der Waals surface area (Å²) in [5.41, 5.74) is 1.30. The van der Waals surface area contributed by atoms with Gasteiger partial charge in [0.05, 0.1) is 17.1 Å². The number of benzene rings is 1. The molecule has 38 heavy (non-hydrogen) atoms. The van der Waals surface area contributed by atoms with E-state index in [0.717, 1.165) is 53.4 Å². The number of halogens is 1. The van der Waals surface area contributed by atoms with Crippen LogP contribution in [0.25, 0.3) is 6.08 Å². The van der Waals surface area contributed by atoms with Crippen LogP contribution >= 0.6 is 27.3 Å². The van der Waals surface area contributed by atoms with Gasteiger partial charge >= 0.3 is 0 Å². The van der Waals surface area contributed by atoms with E-state index >= 15 is 0 Å². The number of likely N-dealkylation sites (tertiary alicyclic amines) is 1. The van der Waals surface area contributed by atoms with Gasteiger partial charge in [0.15, 0.2) is 0 Å². The highest BCUT2D eigenvalue weighted by Crippen LogP contribution is 2.64. The lowest BCUT2D eigenvalue weighted by atomic mass is 9.48. The van der Waals surface area contributed by atoms with Gasteiger partial charge in [-0.2, -0.15) is 0 Å². The summed E-state index contributed by atoms with van der Waals surface area (Å²) in [5.74, 6) is 2.10. The van der Waals surface area contributed by atoms with Crippen molar-refractivity contribution in [2.75, 3.05) is 19.6 Å². The molecule has 0 radical (unpaired) electrons. The normalized spacial score (nSPS) is 33.4. The van der Waals surface area contributed by atoms with Crippen LogP contribution in [0.4, 0.5) is 0 Å². The first-order chi connectivity index (χ1) is 18.3. The highest BCUT2D eigenvalue weighted by Gasteiger charge is 2.73. The minimum Gasteiger partial charge on any atom is -0.487 e. The zero-order valence-corrected chi connectivity index (χ0v) is 24.6. The minimum atomic E-state index is -0.827. The van der Waals surface area contributed by atoms with Crippen LogP contribution < -0.4 is 4.74 Å². The maximum absolute atomic E-state index is 13.8. The average Bonchev–Trinajstić information content (AvgIpc) is 3.49. The van der Waals surface area contributed by atoms with Gasteiger partial charge in [0, 0.05) is 45.5 Å². The zero-order valence-electron chi connectivity index (χ0n) is 22.2. The molecular weight excluding hydrogens is 560 g/mol. The Bertz CT molecular complexity index is 1290. The summed E-state index contributed by atoms with van der Waals surface area (Å²) in [6, 6.07) is 8.54. The van der Waals surface area contributed by atoms with Crippen molar-refractivity contribution < 1.29 is 14.6 Å². The van der Waals surface area contributed by atoms with Crippen LogP contribution in [-0.2, 0) is 16.6 Å². The number of nitrogens with zero attached hydrogens (tertiary/aromatic N) is 2. The predicted molar refractivity (Wildman–Crippen MR) is 155 cm³/mol. The Hall–Kier alpha value is -1.67. The third-order valence-electron chi connectivity index (χ3n) is 9.85. The summed E-state index contributed by atoms with van der Waals surface area (Å²) >= 11 is 5.13. The lowest BCUT2D eigenvalue weighted by Gasteiger charge is -2.65. The number of carbonyl (C=O) groups excluding carboxylic acids is 1. The Morgan fingerprint density at radius 1 is 1.32 bits per heavy atom. The van der Waals surface area contributed by atoms with Gasteiger partial charge in [-0.05, 0) is 96.6 Å². The van der Waals surface area contributed by atoms with Crippen molar-refractivity contribution in [2.24, 2.45) is 11.8 Å². The molecule has 2 aliphatic heterocycles.